The second-order valence-corrected chi connectivity index (χ2v) is 19.7. The number of ether oxygens (including phenoxy) is 2. The molecule has 0 aromatic rings. The van der Waals surface area contributed by atoms with E-state index in [9.17, 15) is 19.0 Å². The SMILES string of the molecule is CCCCC/C=C/C/C=C/CCCCCCCCCCCC(=O)OC[C@H](COP(=O)(O)OCC[N+](C)(C)C)OC(=O)CCCCCCCCCCCCCCCCCCC. The first-order valence-electron chi connectivity index (χ1n) is 25.1. The summed E-state index contributed by atoms with van der Waals surface area (Å²) < 4.78 is 34.4. The van der Waals surface area contributed by atoms with Crippen LogP contribution in [-0.4, -0.2) is 74.9 Å². The molecule has 0 rings (SSSR count). The minimum atomic E-state index is -4.38. The van der Waals surface area contributed by atoms with E-state index >= 15 is 0 Å². The van der Waals surface area contributed by atoms with Gasteiger partial charge in [0.1, 0.15) is 19.8 Å². The average Bonchev–Trinajstić information content (AvgIpc) is 3.20. The number of allylic oxidation sites excluding steroid dienone is 4. The molecule has 0 fully saturated rings. The summed E-state index contributed by atoms with van der Waals surface area (Å²) in [6.07, 6.45) is 47.9. The van der Waals surface area contributed by atoms with Gasteiger partial charge in [0.2, 0.25) is 0 Å². The monoisotopic (exact) mass is 871 g/mol. The Morgan fingerprint density at radius 1 is 0.517 bits per heavy atom. The Labute approximate surface area is 370 Å². The molecule has 0 aromatic carbocycles. The van der Waals surface area contributed by atoms with E-state index in [0.29, 0.717) is 17.4 Å². The highest BCUT2D eigenvalue weighted by molar-refractivity contribution is 7.47. The summed E-state index contributed by atoms with van der Waals surface area (Å²) in [5, 5.41) is 0. The van der Waals surface area contributed by atoms with Crippen molar-refractivity contribution in [1.29, 1.82) is 0 Å². The van der Waals surface area contributed by atoms with Crippen molar-refractivity contribution < 1.29 is 42.1 Å². The molecule has 0 aliphatic rings. The summed E-state index contributed by atoms with van der Waals surface area (Å²) >= 11 is 0. The molecule has 0 heterocycles. The number of phosphoric acid groups is 1. The fraction of sp³-hybridized carbons (Fsp3) is 0.880. The van der Waals surface area contributed by atoms with Crippen molar-refractivity contribution >= 4 is 19.8 Å². The molecular formula is C50H97NO8P+. The maximum Gasteiger partial charge on any atom is 0.472 e. The summed E-state index contributed by atoms with van der Waals surface area (Å²) in [5.74, 6) is -0.791. The zero-order valence-electron chi connectivity index (χ0n) is 40.0. The molecule has 60 heavy (non-hydrogen) atoms. The first kappa shape index (κ1) is 58.5. The average molecular weight is 871 g/mol. The highest BCUT2D eigenvalue weighted by Gasteiger charge is 2.27. The number of carbonyl (C=O) groups excluding carboxylic acids is 2. The highest BCUT2D eigenvalue weighted by Crippen LogP contribution is 2.43. The van der Waals surface area contributed by atoms with Gasteiger partial charge < -0.3 is 18.9 Å². The molecule has 1 N–H and O–H groups in total. The quantitative estimate of drug-likeness (QED) is 0.0212. The normalized spacial score (nSPS) is 13.6. The predicted octanol–water partition coefficient (Wildman–Crippen LogP) is 14.7. The van der Waals surface area contributed by atoms with E-state index in [0.717, 1.165) is 38.5 Å². The zero-order valence-corrected chi connectivity index (χ0v) is 40.9. The van der Waals surface area contributed by atoms with Crippen molar-refractivity contribution in [3.63, 3.8) is 0 Å². The molecule has 10 heteroatoms. The minimum Gasteiger partial charge on any atom is -0.462 e. The third-order valence-corrected chi connectivity index (χ3v) is 12.0. The fourth-order valence-corrected chi connectivity index (χ4v) is 7.79. The number of esters is 2. The van der Waals surface area contributed by atoms with Crippen LogP contribution in [0.3, 0.4) is 0 Å². The van der Waals surface area contributed by atoms with E-state index in [1.54, 1.807) is 0 Å². The lowest BCUT2D eigenvalue weighted by Crippen LogP contribution is -2.37. The van der Waals surface area contributed by atoms with Gasteiger partial charge in [-0.05, 0) is 44.9 Å². The highest BCUT2D eigenvalue weighted by atomic mass is 31.2. The van der Waals surface area contributed by atoms with Gasteiger partial charge in [-0.1, -0.05) is 199 Å². The van der Waals surface area contributed by atoms with Crippen molar-refractivity contribution in [2.45, 2.75) is 238 Å². The van der Waals surface area contributed by atoms with Crippen LogP contribution in [0.2, 0.25) is 0 Å². The summed E-state index contributed by atoms with van der Waals surface area (Å²) in [6.45, 7) is 4.43. The Bertz CT molecular complexity index is 1070. The summed E-state index contributed by atoms with van der Waals surface area (Å²) in [7, 11) is 1.48. The fourth-order valence-electron chi connectivity index (χ4n) is 7.05. The number of phosphoric ester groups is 1. The number of carbonyl (C=O) groups is 2. The van der Waals surface area contributed by atoms with Crippen LogP contribution in [0.4, 0.5) is 0 Å². The molecule has 0 radical (unpaired) electrons. The molecule has 0 saturated carbocycles. The summed E-state index contributed by atoms with van der Waals surface area (Å²) in [5.41, 5.74) is 0. The van der Waals surface area contributed by atoms with Gasteiger partial charge in [-0.3, -0.25) is 18.6 Å². The van der Waals surface area contributed by atoms with Crippen LogP contribution < -0.4 is 0 Å². The third kappa shape index (κ3) is 46.0. The van der Waals surface area contributed by atoms with E-state index in [-0.39, 0.29) is 32.0 Å². The minimum absolute atomic E-state index is 0.0333. The van der Waals surface area contributed by atoms with Crippen LogP contribution in [0, 0.1) is 0 Å². The van der Waals surface area contributed by atoms with Crippen LogP contribution in [0.25, 0.3) is 0 Å². The van der Waals surface area contributed by atoms with E-state index in [4.69, 9.17) is 18.5 Å². The standard InChI is InChI=1S/C50H96NO8P/c1-6-8-10-12-14-16-18-20-22-24-25-27-28-30-32-34-36-38-40-42-49(52)56-46-48(47-58-60(54,55)57-45-44-51(3,4)5)59-50(53)43-41-39-37-35-33-31-29-26-23-21-19-17-15-13-11-9-7-2/h14,16,20,22,48H,6-13,15,17-19,21,23-47H2,1-5H3/p+1/b16-14+,22-20+/t48-/m1/s1. The lowest BCUT2D eigenvalue weighted by Gasteiger charge is -2.24. The molecular weight excluding hydrogens is 774 g/mol. The molecule has 0 bridgehead atoms. The molecule has 0 aliphatic carbocycles. The Morgan fingerprint density at radius 2 is 0.900 bits per heavy atom. The van der Waals surface area contributed by atoms with Gasteiger partial charge in [-0.2, -0.15) is 0 Å². The topological polar surface area (TPSA) is 108 Å². The van der Waals surface area contributed by atoms with Crippen LogP contribution in [0.1, 0.15) is 232 Å². The molecule has 0 aliphatic heterocycles. The van der Waals surface area contributed by atoms with E-state index in [1.807, 2.05) is 21.1 Å². The predicted molar refractivity (Wildman–Crippen MR) is 252 cm³/mol. The smallest absolute Gasteiger partial charge is 0.462 e. The Balaban J connectivity index is 4.25. The number of hydrogen-bond donors (Lipinski definition) is 1. The van der Waals surface area contributed by atoms with Crippen LogP contribution in [-0.2, 0) is 32.7 Å². The van der Waals surface area contributed by atoms with Gasteiger partial charge in [0.05, 0.1) is 27.7 Å². The molecule has 1 unspecified atom stereocenters. The maximum atomic E-state index is 12.7. The van der Waals surface area contributed by atoms with Crippen LogP contribution >= 0.6 is 7.82 Å². The van der Waals surface area contributed by atoms with Gasteiger partial charge >= 0.3 is 19.8 Å². The summed E-state index contributed by atoms with van der Waals surface area (Å²) in [6, 6.07) is 0. The first-order chi connectivity index (χ1) is 29.0. The third-order valence-electron chi connectivity index (χ3n) is 11.0. The largest absolute Gasteiger partial charge is 0.472 e. The maximum absolute atomic E-state index is 12.7. The second kappa shape index (κ2) is 42.8. The molecule has 0 spiro atoms. The van der Waals surface area contributed by atoms with Gasteiger partial charge in [0.15, 0.2) is 6.10 Å². The zero-order chi connectivity index (χ0) is 44.3. The van der Waals surface area contributed by atoms with E-state index in [1.165, 1.54) is 161 Å². The number of likely N-dealkylation sites (N-methyl/N-ethyl adjacent to an activating group) is 1. The van der Waals surface area contributed by atoms with Gasteiger partial charge in [-0.15, -0.1) is 0 Å². The van der Waals surface area contributed by atoms with Crippen LogP contribution in [0.5, 0.6) is 0 Å². The number of rotatable bonds is 46. The molecule has 9 nitrogen and oxygen atoms in total. The van der Waals surface area contributed by atoms with Gasteiger partial charge in [0, 0.05) is 12.8 Å². The lowest BCUT2D eigenvalue weighted by atomic mass is 10.0. The molecule has 2 atom stereocenters. The number of unbranched alkanes of at least 4 members (excludes halogenated alkanes) is 28. The molecule has 0 saturated heterocycles. The van der Waals surface area contributed by atoms with Gasteiger partial charge in [-0.25, -0.2) is 4.57 Å². The number of quaternary nitrogens is 1. The number of nitrogens with zero attached hydrogens (tertiary/aromatic N) is 1. The Morgan fingerprint density at radius 3 is 1.35 bits per heavy atom. The first-order valence-corrected chi connectivity index (χ1v) is 26.6. The van der Waals surface area contributed by atoms with E-state index < -0.39 is 26.5 Å². The molecule has 354 valence electrons. The van der Waals surface area contributed by atoms with Crippen LogP contribution in [0.15, 0.2) is 24.3 Å². The Kier molecular flexibility index (Phi) is 41.7. The van der Waals surface area contributed by atoms with Gasteiger partial charge in [0.25, 0.3) is 0 Å². The second-order valence-electron chi connectivity index (χ2n) is 18.2. The van der Waals surface area contributed by atoms with E-state index in [2.05, 4.69) is 38.2 Å². The Hall–Kier alpha value is -1.51. The van der Waals surface area contributed by atoms with Crippen molar-refractivity contribution in [2.75, 3.05) is 47.5 Å². The number of hydrogen-bond acceptors (Lipinski definition) is 7. The van der Waals surface area contributed by atoms with Crippen molar-refractivity contribution in [3.05, 3.63) is 24.3 Å². The van der Waals surface area contributed by atoms with Crippen molar-refractivity contribution in [2.24, 2.45) is 0 Å². The van der Waals surface area contributed by atoms with Crippen molar-refractivity contribution in [1.82, 2.24) is 0 Å². The molecule has 0 aromatic heterocycles. The summed E-state index contributed by atoms with van der Waals surface area (Å²) in [4.78, 5) is 35.5. The molecule has 0 amide bonds. The lowest BCUT2D eigenvalue weighted by molar-refractivity contribution is -0.870. The van der Waals surface area contributed by atoms with Crippen molar-refractivity contribution in [3.8, 4) is 0 Å².